The van der Waals surface area contributed by atoms with Crippen LogP contribution in [0.25, 0.3) is 0 Å². The molecule has 2 aromatic rings. The minimum atomic E-state index is -3.11. The van der Waals surface area contributed by atoms with Gasteiger partial charge in [-0.25, -0.2) is 8.42 Å². The third-order valence-electron chi connectivity index (χ3n) is 3.11. The SMILES string of the molecule is COCc1cccc(C(=O)Nc2cccc(CS(C)(=O)=O)c2)c1. The van der Waals surface area contributed by atoms with E-state index in [1.165, 1.54) is 6.26 Å². The molecule has 1 amide bonds. The second-order valence-corrected chi connectivity index (χ2v) is 7.50. The molecule has 0 aliphatic heterocycles. The molecule has 0 atom stereocenters. The largest absolute Gasteiger partial charge is 0.380 e. The Labute approximate surface area is 136 Å². The Balaban J connectivity index is 2.14. The summed E-state index contributed by atoms with van der Waals surface area (Å²) >= 11 is 0. The lowest BCUT2D eigenvalue weighted by Crippen LogP contribution is -2.12. The molecule has 0 saturated carbocycles. The molecule has 0 aliphatic rings. The van der Waals surface area contributed by atoms with E-state index in [-0.39, 0.29) is 11.7 Å². The third kappa shape index (κ3) is 5.50. The van der Waals surface area contributed by atoms with Crippen molar-refractivity contribution in [2.24, 2.45) is 0 Å². The summed E-state index contributed by atoms with van der Waals surface area (Å²) in [5.74, 6) is -0.306. The molecule has 0 fully saturated rings. The molecule has 122 valence electrons. The highest BCUT2D eigenvalue weighted by Gasteiger charge is 2.09. The molecular weight excluding hydrogens is 314 g/mol. The van der Waals surface area contributed by atoms with E-state index in [0.29, 0.717) is 23.4 Å². The summed E-state index contributed by atoms with van der Waals surface area (Å²) < 4.78 is 27.8. The first kappa shape index (κ1) is 17.2. The third-order valence-corrected chi connectivity index (χ3v) is 3.97. The van der Waals surface area contributed by atoms with Crippen LogP contribution in [0.2, 0.25) is 0 Å². The molecule has 0 heterocycles. The van der Waals surface area contributed by atoms with Crippen LogP contribution in [0.5, 0.6) is 0 Å². The summed E-state index contributed by atoms with van der Waals surface area (Å²) in [6.07, 6.45) is 1.18. The highest BCUT2D eigenvalue weighted by molar-refractivity contribution is 7.89. The predicted octanol–water partition coefficient (Wildman–Crippen LogP) is 2.63. The monoisotopic (exact) mass is 333 g/mol. The number of hydrogen-bond acceptors (Lipinski definition) is 4. The van der Waals surface area contributed by atoms with Crippen LogP contribution in [-0.2, 0) is 26.9 Å². The van der Waals surface area contributed by atoms with Gasteiger partial charge in [-0.3, -0.25) is 4.79 Å². The van der Waals surface area contributed by atoms with Gasteiger partial charge in [0.05, 0.1) is 12.4 Å². The van der Waals surface area contributed by atoms with Crippen molar-refractivity contribution in [3.63, 3.8) is 0 Å². The van der Waals surface area contributed by atoms with Gasteiger partial charge in [0, 0.05) is 24.6 Å². The van der Waals surface area contributed by atoms with Crippen molar-refractivity contribution in [3.8, 4) is 0 Å². The molecule has 0 aromatic heterocycles. The van der Waals surface area contributed by atoms with Crippen LogP contribution in [0.1, 0.15) is 21.5 Å². The zero-order valence-corrected chi connectivity index (χ0v) is 13.9. The van der Waals surface area contributed by atoms with Crippen LogP contribution >= 0.6 is 0 Å². The maximum atomic E-state index is 12.3. The van der Waals surface area contributed by atoms with Gasteiger partial charge in [-0.15, -0.1) is 0 Å². The Hall–Kier alpha value is -2.18. The van der Waals surface area contributed by atoms with Gasteiger partial charge in [0.2, 0.25) is 0 Å². The van der Waals surface area contributed by atoms with Crippen molar-refractivity contribution in [2.75, 3.05) is 18.7 Å². The highest BCUT2D eigenvalue weighted by atomic mass is 32.2. The van der Waals surface area contributed by atoms with Gasteiger partial charge >= 0.3 is 0 Å². The van der Waals surface area contributed by atoms with Gasteiger partial charge < -0.3 is 10.1 Å². The van der Waals surface area contributed by atoms with Gasteiger partial charge in [0.1, 0.15) is 0 Å². The van der Waals surface area contributed by atoms with Crippen molar-refractivity contribution < 1.29 is 17.9 Å². The number of methoxy groups -OCH3 is 1. The van der Waals surface area contributed by atoms with Crippen LogP contribution in [0.15, 0.2) is 48.5 Å². The van der Waals surface area contributed by atoms with Crippen LogP contribution in [-0.4, -0.2) is 27.7 Å². The molecule has 0 bridgehead atoms. The Morgan fingerprint density at radius 3 is 2.48 bits per heavy atom. The van der Waals surface area contributed by atoms with E-state index in [1.807, 2.05) is 6.07 Å². The summed E-state index contributed by atoms with van der Waals surface area (Å²) in [7, 11) is -1.52. The number of rotatable bonds is 6. The van der Waals surface area contributed by atoms with E-state index in [2.05, 4.69) is 5.32 Å². The summed E-state index contributed by atoms with van der Waals surface area (Å²) in [4.78, 5) is 12.3. The Morgan fingerprint density at radius 1 is 1.09 bits per heavy atom. The summed E-state index contributed by atoms with van der Waals surface area (Å²) in [5.41, 5.74) is 2.63. The van der Waals surface area contributed by atoms with Gasteiger partial charge in [0.25, 0.3) is 5.91 Å². The highest BCUT2D eigenvalue weighted by Crippen LogP contribution is 2.15. The molecule has 0 radical (unpaired) electrons. The fourth-order valence-electron chi connectivity index (χ4n) is 2.21. The van der Waals surface area contributed by atoms with Crippen LogP contribution in [0.3, 0.4) is 0 Å². The van der Waals surface area contributed by atoms with Crippen molar-refractivity contribution in [1.82, 2.24) is 0 Å². The summed E-state index contributed by atoms with van der Waals surface area (Å²) in [6.45, 7) is 0.435. The van der Waals surface area contributed by atoms with Gasteiger partial charge in [0.15, 0.2) is 9.84 Å². The fourth-order valence-corrected chi connectivity index (χ4v) is 3.00. The standard InChI is InChI=1S/C17H19NO4S/c1-22-11-13-5-3-7-15(9-13)17(19)18-16-8-4-6-14(10-16)12-23(2,20)21/h3-10H,11-12H2,1-2H3,(H,18,19). The quantitative estimate of drug-likeness (QED) is 0.882. The van der Waals surface area contributed by atoms with Crippen LogP contribution < -0.4 is 5.32 Å². The number of amides is 1. The summed E-state index contributed by atoms with van der Waals surface area (Å²) in [6, 6.07) is 14.0. The number of nitrogens with one attached hydrogen (secondary N) is 1. The second-order valence-electron chi connectivity index (χ2n) is 5.36. The van der Waals surface area contributed by atoms with Crippen molar-refractivity contribution in [1.29, 1.82) is 0 Å². The molecule has 1 N–H and O–H groups in total. The Kier molecular flexibility index (Phi) is 5.52. The van der Waals surface area contributed by atoms with E-state index >= 15 is 0 Å². The predicted molar refractivity (Wildman–Crippen MR) is 90.1 cm³/mol. The Bertz CT molecular complexity index is 800. The maximum Gasteiger partial charge on any atom is 0.255 e. The molecule has 0 aliphatic carbocycles. The van der Waals surface area contributed by atoms with Gasteiger partial charge in [-0.1, -0.05) is 24.3 Å². The van der Waals surface area contributed by atoms with Gasteiger partial charge in [-0.2, -0.15) is 0 Å². The topological polar surface area (TPSA) is 72.5 Å². The minimum Gasteiger partial charge on any atom is -0.380 e. The van der Waals surface area contributed by atoms with Crippen molar-refractivity contribution in [2.45, 2.75) is 12.4 Å². The van der Waals surface area contributed by atoms with E-state index in [4.69, 9.17) is 4.74 Å². The van der Waals surface area contributed by atoms with Crippen molar-refractivity contribution >= 4 is 21.4 Å². The lowest BCUT2D eigenvalue weighted by Gasteiger charge is -2.08. The smallest absolute Gasteiger partial charge is 0.255 e. The molecule has 2 rings (SSSR count). The van der Waals surface area contributed by atoms with Gasteiger partial charge in [-0.05, 0) is 35.4 Å². The number of ether oxygens (including phenoxy) is 1. The summed E-state index contributed by atoms with van der Waals surface area (Å²) in [5, 5.41) is 2.78. The number of benzene rings is 2. The molecule has 23 heavy (non-hydrogen) atoms. The molecule has 0 unspecified atom stereocenters. The molecular formula is C17H19NO4S. The molecule has 2 aromatic carbocycles. The van der Waals surface area contributed by atoms with E-state index in [9.17, 15) is 13.2 Å². The number of hydrogen-bond donors (Lipinski definition) is 1. The number of anilines is 1. The number of carbonyl (C=O) groups is 1. The maximum absolute atomic E-state index is 12.3. The minimum absolute atomic E-state index is 0.0555. The fraction of sp³-hybridized carbons (Fsp3) is 0.235. The van der Waals surface area contributed by atoms with Crippen molar-refractivity contribution in [3.05, 3.63) is 65.2 Å². The molecule has 5 nitrogen and oxygen atoms in total. The first-order valence-electron chi connectivity index (χ1n) is 7.03. The first-order chi connectivity index (χ1) is 10.9. The van der Waals surface area contributed by atoms with Crippen LogP contribution in [0.4, 0.5) is 5.69 Å². The average molecular weight is 333 g/mol. The van der Waals surface area contributed by atoms with E-state index < -0.39 is 9.84 Å². The lowest BCUT2D eigenvalue weighted by molar-refractivity contribution is 0.102. The lowest BCUT2D eigenvalue weighted by atomic mass is 10.1. The number of carbonyl (C=O) groups excluding carboxylic acids is 1. The first-order valence-corrected chi connectivity index (χ1v) is 9.09. The second kappa shape index (κ2) is 7.39. The molecule has 0 spiro atoms. The van der Waals surface area contributed by atoms with E-state index in [1.54, 1.807) is 49.6 Å². The van der Waals surface area contributed by atoms with Crippen LogP contribution in [0, 0.1) is 0 Å². The normalized spacial score (nSPS) is 11.2. The molecule has 0 saturated heterocycles. The van der Waals surface area contributed by atoms with E-state index in [0.717, 1.165) is 5.56 Å². The zero-order chi connectivity index (χ0) is 16.9. The zero-order valence-electron chi connectivity index (χ0n) is 13.1. The number of sulfone groups is 1. The average Bonchev–Trinajstić information content (AvgIpc) is 2.46. The Morgan fingerprint density at radius 2 is 1.78 bits per heavy atom. The molecule has 6 heteroatoms.